The Bertz CT molecular complexity index is 499. The third kappa shape index (κ3) is 2.30. The minimum Gasteiger partial charge on any atom is -0.481 e. The highest BCUT2D eigenvalue weighted by molar-refractivity contribution is 5.97. The van der Waals surface area contributed by atoms with Crippen LogP contribution in [0.25, 0.3) is 0 Å². The fourth-order valence-corrected chi connectivity index (χ4v) is 2.13. The Balaban J connectivity index is 2.30. The molecule has 0 bridgehead atoms. The van der Waals surface area contributed by atoms with Crippen LogP contribution in [0.4, 0.5) is 11.4 Å². The van der Waals surface area contributed by atoms with Crippen LogP contribution in [0.2, 0.25) is 0 Å². The maximum Gasteiger partial charge on any atom is 0.308 e. The Kier molecular flexibility index (Phi) is 3.23. The van der Waals surface area contributed by atoms with Gasteiger partial charge < -0.3 is 15.7 Å². The zero-order valence-corrected chi connectivity index (χ0v) is 10.2. The Morgan fingerprint density at radius 1 is 1.50 bits per heavy atom. The van der Waals surface area contributed by atoms with Gasteiger partial charge in [0.25, 0.3) is 0 Å². The van der Waals surface area contributed by atoms with E-state index in [-0.39, 0.29) is 12.5 Å². The first-order valence-corrected chi connectivity index (χ1v) is 5.90. The lowest BCUT2D eigenvalue weighted by atomic mass is 9.99. The van der Waals surface area contributed by atoms with Gasteiger partial charge >= 0.3 is 5.97 Å². The number of carboxylic acid groups (broad SMARTS) is 1. The molecule has 1 heterocycles. The summed E-state index contributed by atoms with van der Waals surface area (Å²) in [4.78, 5) is 24.3. The second-order valence-corrected chi connectivity index (χ2v) is 4.63. The molecule has 1 aromatic carbocycles. The van der Waals surface area contributed by atoms with Crippen molar-refractivity contribution in [3.05, 3.63) is 23.8 Å². The van der Waals surface area contributed by atoms with Crippen LogP contribution in [0.15, 0.2) is 18.2 Å². The third-order valence-corrected chi connectivity index (χ3v) is 3.18. The summed E-state index contributed by atoms with van der Waals surface area (Å²) in [6.45, 7) is 1.80. The molecule has 0 saturated heterocycles. The highest BCUT2D eigenvalue weighted by Crippen LogP contribution is 2.30. The molecule has 0 aliphatic carbocycles. The largest absolute Gasteiger partial charge is 0.481 e. The number of nitrogens with two attached hydrogens (primary N) is 1. The van der Waals surface area contributed by atoms with Crippen molar-refractivity contribution in [3.63, 3.8) is 0 Å². The maximum atomic E-state index is 11.9. The Hall–Kier alpha value is -2.04. The number of carbonyl (C=O) groups excluding carboxylic acids is 1. The van der Waals surface area contributed by atoms with E-state index in [2.05, 4.69) is 0 Å². The van der Waals surface area contributed by atoms with Crippen LogP contribution >= 0.6 is 0 Å². The van der Waals surface area contributed by atoms with Crippen LogP contribution in [-0.4, -0.2) is 23.5 Å². The number of anilines is 2. The van der Waals surface area contributed by atoms with Crippen LogP contribution in [0.5, 0.6) is 0 Å². The summed E-state index contributed by atoms with van der Waals surface area (Å²) in [5, 5.41) is 8.93. The van der Waals surface area contributed by atoms with Crippen molar-refractivity contribution >= 4 is 23.3 Å². The molecule has 0 spiro atoms. The normalized spacial score (nSPS) is 16.3. The van der Waals surface area contributed by atoms with Gasteiger partial charge in [0.1, 0.15) is 0 Å². The van der Waals surface area contributed by atoms with Crippen LogP contribution in [0, 0.1) is 5.92 Å². The minimum atomic E-state index is -0.898. The number of rotatable bonds is 3. The summed E-state index contributed by atoms with van der Waals surface area (Å²) >= 11 is 0. The van der Waals surface area contributed by atoms with Gasteiger partial charge in [-0.25, -0.2) is 0 Å². The number of aliphatic carboxylic acids is 1. The van der Waals surface area contributed by atoms with E-state index in [0.29, 0.717) is 18.5 Å². The molecule has 5 heteroatoms. The molecular formula is C13H16N2O3. The molecule has 0 aromatic heterocycles. The van der Waals surface area contributed by atoms with E-state index in [0.717, 1.165) is 11.3 Å². The van der Waals surface area contributed by atoms with E-state index in [9.17, 15) is 9.59 Å². The van der Waals surface area contributed by atoms with Gasteiger partial charge in [0.15, 0.2) is 0 Å². The summed E-state index contributed by atoms with van der Waals surface area (Å²) in [6.07, 6.45) is 1.07. The highest BCUT2D eigenvalue weighted by Gasteiger charge is 2.27. The molecule has 0 radical (unpaired) electrons. The van der Waals surface area contributed by atoms with E-state index < -0.39 is 11.9 Å². The topological polar surface area (TPSA) is 83.6 Å². The monoisotopic (exact) mass is 248 g/mol. The fourth-order valence-electron chi connectivity index (χ4n) is 2.13. The summed E-state index contributed by atoms with van der Waals surface area (Å²) in [6, 6.07) is 5.37. The van der Waals surface area contributed by atoms with Gasteiger partial charge in [-0.2, -0.15) is 0 Å². The van der Waals surface area contributed by atoms with E-state index in [1.165, 1.54) is 0 Å². The molecule has 2 rings (SSSR count). The lowest BCUT2D eigenvalue weighted by Gasteiger charge is -2.30. The van der Waals surface area contributed by atoms with Crippen molar-refractivity contribution in [1.29, 1.82) is 0 Å². The molecule has 5 nitrogen and oxygen atoms in total. The second-order valence-electron chi connectivity index (χ2n) is 4.63. The molecule has 1 aromatic rings. The second kappa shape index (κ2) is 4.68. The van der Waals surface area contributed by atoms with Gasteiger partial charge in [0.05, 0.1) is 5.92 Å². The predicted molar refractivity (Wildman–Crippen MR) is 68.3 cm³/mol. The zero-order chi connectivity index (χ0) is 13.3. The number of nitrogen functional groups attached to an aromatic ring is 1. The van der Waals surface area contributed by atoms with Crippen molar-refractivity contribution in [1.82, 2.24) is 0 Å². The van der Waals surface area contributed by atoms with Crippen molar-refractivity contribution < 1.29 is 14.7 Å². The van der Waals surface area contributed by atoms with Crippen molar-refractivity contribution in [3.8, 4) is 0 Å². The first-order chi connectivity index (χ1) is 8.49. The van der Waals surface area contributed by atoms with E-state index in [1.54, 1.807) is 24.0 Å². The van der Waals surface area contributed by atoms with Gasteiger partial charge in [0.2, 0.25) is 5.91 Å². The average Bonchev–Trinajstić information content (AvgIpc) is 2.32. The number of aryl methyl sites for hydroxylation is 1. The molecule has 1 amide bonds. The van der Waals surface area contributed by atoms with Gasteiger partial charge in [-0.05, 0) is 30.2 Å². The quantitative estimate of drug-likeness (QED) is 0.789. The summed E-state index contributed by atoms with van der Waals surface area (Å²) < 4.78 is 0. The molecule has 3 N–H and O–H groups in total. The average molecular weight is 248 g/mol. The first-order valence-electron chi connectivity index (χ1n) is 5.90. The zero-order valence-electron chi connectivity index (χ0n) is 10.2. The van der Waals surface area contributed by atoms with Crippen LogP contribution < -0.4 is 10.6 Å². The Labute approximate surface area is 105 Å². The molecule has 1 unspecified atom stereocenters. The van der Waals surface area contributed by atoms with Crippen molar-refractivity contribution in [2.45, 2.75) is 19.8 Å². The Morgan fingerprint density at radius 3 is 2.89 bits per heavy atom. The smallest absolute Gasteiger partial charge is 0.308 e. The molecule has 1 aliphatic rings. The lowest BCUT2D eigenvalue weighted by Crippen LogP contribution is -2.39. The number of nitrogens with zero attached hydrogens (tertiary/aromatic N) is 1. The molecular weight excluding hydrogens is 232 g/mol. The van der Waals surface area contributed by atoms with Crippen LogP contribution in [0.1, 0.15) is 18.9 Å². The first kappa shape index (κ1) is 12.4. The third-order valence-electron chi connectivity index (χ3n) is 3.18. The van der Waals surface area contributed by atoms with Crippen LogP contribution in [0.3, 0.4) is 0 Å². The lowest BCUT2D eigenvalue weighted by molar-refractivity contribution is -0.140. The number of fused-ring (bicyclic) bond motifs is 1. The molecule has 18 heavy (non-hydrogen) atoms. The summed E-state index contributed by atoms with van der Waals surface area (Å²) in [5.74, 6) is -1.51. The number of carboxylic acids is 1. The van der Waals surface area contributed by atoms with Gasteiger partial charge in [0, 0.05) is 24.3 Å². The summed E-state index contributed by atoms with van der Waals surface area (Å²) in [5.41, 5.74) is 8.17. The number of hydrogen-bond donors (Lipinski definition) is 2. The Morgan fingerprint density at radius 2 is 2.22 bits per heavy atom. The summed E-state index contributed by atoms with van der Waals surface area (Å²) in [7, 11) is 0. The van der Waals surface area contributed by atoms with Crippen molar-refractivity contribution in [2.24, 2.45) is 5.92 Å². The van der Waals surface area contributed by atoms with E-state index >= 15 is 0 Å². The number of carbonyl (C=O) groups is 2. The van der Waals surface area contributed by atoms with Gasteiger partial charge in [-0.3, -0.25) is 9.59 Å². The standard InChI is InChI=1S/C13H16N2O3/c1-8(13(17)18)7-15-11-4-3-10(14)6-9(11)2-5-12(15)16/h3-4,6,8H,2,5,7,14H2,1H3,(H,17,18). The van der Waals surface area contributed by atoms with Gasteiger partial charge in [-0.1, -0.05) is 6.92 Å². The minimum absolute atomic E-state index is 0.0274. The number of benzene rings is 1. The maximum absolute atomic E-state index is 11.9. The van der Waals surface area contributed by atoms with E-state index in [4.69, 9.17) is 10.8 Å². The highest BCUT2D eigenvalue weighted by atomic mass is 16.4. The molecule has 1 atom stereocenters. The molecule has 1 aliphatic heterocycles. The van der Waals surface area contributed by atoms with Crippen molar-refractivity contribution in [2.75, 3.05) is 17.2 Å². The van der Waals surface area contributed by atoms with Crippen LogP contribution in [-0.2, 0) is 16.0 Å². The molecule has 96 valence electrons. The van der Waals surface area contributed by atoms with Gasteiger partial charge in [-0.15, -0.1) is 0 Å². The SMILES string of the molecule is CC(CN1C(=O)CCc2cc(N)ccc21)C(=O)O. The number of hydrogen-bond acceptors (Lipinski definition) is 3. The van der Waals surface area contributed by atoms with E-state index in [1.807, 2.05) is 6.07 Å². The molecule has 0 saturated carbocycles. The predicted octanol–water partition coefficient (Wildman–Crippen LogP) is 1.27. The molecule has 0 fully saturated rings. The fraction of sp³-hybridized carbons (Fsp3) is 0.385. The number of amides is 1.